The molecule has 1 N–H and O–H groups in total. The Bertz CT molecular complexity index is 372. The highest BCUT2D eigenvalue weighted by molar-refractivity contribution is 6.31. The van der Waals surface area contributed by atoms with Crippen LogP contribution in [0, 0.1) is 11.8 Å². The summed E-state index contributed by atoms with van der Waals surface area (Å²) in [5.74, 6) is 1.68. The highest BCUT2D eigenvalue weighted by Gasteiger charge is 2.13. The molecule has 0 atom stereocenters. The molecule has 0 heterocycles. The van der Waals surface area contributed by atoms with E-state index in [1.807, 2.05) is 6.07 Å². The van der Waals surface area contributed by atoms with Crippen molar-refractivity contribution in [2.24, 2.45) is 11.8 Å². The molecule has 0 fully saturated rings. The van der Waals surface area contributed by atoms with Crippen LogP contribution in [0.25, 0.3) is 0 Å². The van der Waals surface area contributed by atoms with Crippen LogP contribution in [-0.2, 0) is 6.54 Å². The molecule has 0 radical (unpaired) electrons. The zero-order valence-electron chi connectivity index (χ0n) is 13.2. The van der Waals surface area contributed by atoms with Crippen molar-refractivity contribution in [2.75, 3.05) is 13.1 Å². The highest BCUT2D eigenvalue weighted by atomic mass is 35.5. The topological polar surface area (TPSA) is 23.5 Å². The Hall–Kier alpha value is -0.730. The first-order valence-electron chi connectivity index (χ1n) is 7.58. The Balaban J connectivity index is 2.71. The van der Waals surface area contributed by atoms with Gasteiger partial charge in [-0.3, -0.25) is 4.90 Å². The third kappa shape index (κ3) is 6.15. The minimum absolute atomic E-state index is 0.302. The van der Waals surface area contributed by atoms with Crippen molar-refractivity contribution in [3.8, 4) is 5.75 Å². The third-order valence-electron chi connectivity index (χ3n) is 3.52. The third-order valence-corrected chi connectivity index (χ3v) is 3.88. The Labute approximate surface area is 128 Å². The van der Waals surface area contributed by atoms with Gasteiger partial charge in [0.25, 0.3) is 0 Å². The first-order valence-corrected chi connectivity index (χ1v) is 7.96. The van der Waals surface area contributed by atoms with Crippen molar-refractivity contribution >= 4 is 11.6 Å². The lowest BCUT2D eigenvalue weighted by Gasteiger charge is -2.25. The van der Waals surface area contributed by atoms with Crippen LogP contribution in [0.4, 0.5) is 0 Å². The molecule has 0 saturated carbocycles. The summed E-state index contributed by atoms with van der Waals surface area (Å²) in [6.45, 7) is 11.8. The number of aromatic hydroxyl groups is 1. The molecule has 0 amide bonds. The lowest BCUT2D eigenvalue weighted by molar-refractivity contribution is 0.233. The number of halogens is 1. The fourth-order valence-corrected chi connectivity index (χ4v) is 2.31. The molecule has 0 bridgehead atoms. The smallest absolute Gasteiger partial charge is 0.121 e. The van der Waals surface area contributed by atoms with Crippen LogP contribution in [0.15, 0.2) is 18.2 Å². The summed E-state index contributed by atoms with van der Waals surface area (Å²) in [6, 6.07) is 5.34. The number of hydrogen-bond acceptors (Lipinski definition) is 2. The summed E-state index contributed by atoms with van der Waals surface area (Å²) in [5, 5.41) is 10.6. The molecule has 0 unspecified atom stereocenters. The van der Waals surface area contributed by atoms with E-state index in [2.05, 4.69) is 32.6 Å². The summed E-state index contributed by atoms with van der Waals surface area (Å²) in [4.78, 5) is 2.40. The van der Waals surface area contributed by atoms with Gasteiger partial charge in [0.1, 0.15) is 5.75 Å². The van der Waals surface area contributed by atoms with Gasteiger partial charge in [-0.25, -0.2) is 0 Å². The minimum atomic E-state index is 0.302. The van der Waals surface area contributed by atoms with Crippen molar-refractivity contribution in [3.05, 3.63) is 28.8 Å². The first kappa shape index (κ1) is 17.3. The van der Waals surface area contributed by atoms with Crippen LogP contribution in [-0.4, -0.2) is 23.1 Å². The Kier molecular flexibility index (Phi) is 7.39. The minimum Gasteiger partial charge on any atom is -0.508 e. The zero-order valence-corrected chi connectivity index (χ0v) is 14.0. The molecule has 1 rings (SSSR count). The second kappa shape index (κ2) is 8.53. The number of phenols is 1. The fourth-order valence-electron chi connectivity index (χ4n) is 2.08. The molecule has 0 saturated heterocycles. The van der Waals surface area contributed by atoms with E-state index >= 15 is 0 Å². The predicted molar refractivity (Wildman–Crippen MR) is 87.3 cm³/mol. The van der Waals surface area contributed by atoms with Gasteiger partial charge in [0.15, 0.2) is 0 Å². The van der Waals surface area contributed by atoms with Gasteiger partial charge in [-0.05, 0) is 49.9 Å². The maximum absolute atomic E-state index is 9.98. The average molecular weight is 298 g/mol. The van der Waals surface area contributed by atoms with Gasteiger partial charge in [-0.2, -0.15) is 0 Å². The molecule has 3 heteroatoms. The number of hydrogen-bond donors (Lipinski definition) is 1. The van der Waals surface area contributed by atoms with Gasteiger partial charge in [0, 0.05) is 17.1 Å². The fraction of sp³-hybridized carbons (Fsp3) is 0.647. The molecule has 114 valence electrons. The Morgan fingerprint density at radius 1 is 1.05 bits per heavy atom. The normalized spacial score (nSPS) is 11.8. The van der Waals surface area contributed by atoms with Gasteiger partial charge in [-0.15, -0.1) is 0 Å². The van der Waals surface area contributed by atoms with Crippen LogP contribution in [0.1, 0.15) is 46.1 Å². The monoisotopic (exact) mass is 297 g/mol. The van der Waals surface area contributed by atoms with E-state index in [9.17, 15) is 5.11 Å². The number of rotatable bonds is 8. The molecule has 0 spiro atoms. The molecule has 2 nitrogen and oxygen atoms in total. The molecule has 0 aliphatic carbocycles. The van der Waals surface area contributed by atoms with E-state index in [1.54, 1.807) is 12.1 Å². The molecular formula is C17H28ClNO. The number of nitrogens with zero attached hydrogens (tertiary/aromatic N) is 1. The van der Waals surface area contributed by atoms with E-state index in [0.717, 1.165) is 25.2 Å². The van der Waals surface area contributed by atoms with Crippen molar-refractivity contribution < 1.29 is 5.11 Å². The first-order chi connectivity index (χ1) is 9.40. The molecule has 0 aliphatic heterocycles. The molecule has 1 aromatic carbocycles. The summed E-state index contributed by atoms with van der Waals surface area (Å²) >= 11 is 6.21. The van der Waals surface area contributed by atoms with E-state index < -0.39 is 0 Å². The summed E-state index contributed by atoms with van der Waals surface area (Å²) in [6.07, 6.45) is 2.34. The SMILES string of the molecule is CC(C)CCN(CCC(C)C)Cc1c(O)cccc1Cl. The van der Waals surface area contributed by atoms with Gasteiger partial charge < -0.3 is 5.11 Å². The Morgan fingerprint density at radius 2 is 1.60 bits per heavy atom. The van der Waals surface area contributed by atoms with E-state index in [-0.39, 0.29) is 0 Å². The van der Waals surface area contributed by atoms with Crippen molar-refractivity contribution in [1.29, 1.82) is 0 Å². The van der Waals surface area contributed by atoms with Gasteiger partial charge >= 0.3 is 0 Å². The van der Waals surface area contributed by atoms with E-state index in [1.165, 1.54) is 12.8 Å². The van der Waals surface area contributed by atoms with Gasteiger partial charge in [0.2, 0.25) is 0 Å². The predicted octanol–water partition coefficient (Wildman–Crippen LogP) is 4.94. The van der Waals surface area contributed by atoms with Crippen LogP contribution >= 0.6 is 11.6 Å². The highest BCUT2D eigenvalue weighted by Crippen LogP contribution is 2.27. The van der Waals surface area contributed by atoms with Gasteiger partial charge in [-0.1, -0.05) is 45.4 Å². The van der Waals surface area contributed by atoms with Crippen molar-refractivity contribution in [3.63, 3.8) is 0 Å². The lowest BCUT2D eigenvalue weighted by atomic mass is 10.1. The second-order valence-corrected chi connectivity index (χ2v) is 6.79. The number of benzene rings is 1. The maximum Gasteiger partial charge on any atom is 0.121 e. The standard InChI is InChI=1S/C17H28ClNO/c1-13(2)8-10-19(11-9-14(3)4)12-15-16(18)6-5-7-17(15)20/h5-7,13-14,20H,8-12H2,1-4H3. The second-order valence-electron chi connectivity index (χ2n) is 6.38. The van der Waals surface area contributed by atoms with Crippen molar-refractivity contribution in [1.82, 2.24) is 4.90 Å². The van der Waals surface area contributed by atoms with Crippen LogP contribution in [0.2, 0.25) is 5.02 Å². The largest absolute Gasteiger partial charge is 0.508 e. The summed E-state index contributed by atoms with van der Waals surface area (Å²) in [5.41, 5.74) is 0.849. The van der Waals surface area contributed by atoms with Crippen molar-refractivity contribution in [2.45, 2.75) is 47.1 Å². The van der Waals surface area contributed by atoms with E-state index in [4.69, 9.17) is 11.6 Å². The van der Waals surface area contributed by atoms with Crippen LogP contribution in [0.3, 0.4) is 0 Å². The lowest BCUT2D eigenvalue weighted by Crippen LogP contribution is -2.27. The molecule has 20 heavy (non-hydrogen) atoms. The maximum atomic E-state index is 9.98. The molecule has 1 aromatic rings. The van der Waals surface area contributed by atoms with E-state index in [0.29, 0.717) is 22.6 Å². The Morgan fingerprint density at radius 3 is 2.05 bits per heavy atom. The van der Waals surface area contributed by atoms with Gasteiger partial charge in [0.05, 0.1) is 0 Å². The van der Waals surface area contributed by atoms with Crippen LogP contribution < -0.4 is 0 Å². The quantitative estimate of drug-likeness (QED) is 0.734. The summed E-state index contributed by atoms with van der Waals surface area (Å²) in [7, 11) is 0. The number of phenolic OH excluding ortho intramolecular Hbond substituents is 1. The van der Waals surface area contributed by atoms with Crippen LogP contribution in [0.5, 0.6) is 5.75 Å². The molecule has 0 aromatic heterocycles. The average Bonchev–Trinajstić information content (AvgIpc) is 2.35. The zero-order chi connectivity index (χ0) is 15.1. The summed E-state index contributed by atoms with van der Waals surface area (Å²) < 4.78 is 0. The molecule has 0 aliphatic rings. The molecular weight excluding hydrogens is 270 g/mol.